The Hall–Kier alpha value is -3.61. The largest absolute Gasteiger partial charge is 0.335 e. The van der Waals surface area contributed by atoms with Crippen LogP contribution in [0.2, 0.25) is 0 Å². The molecule has 10 heteroatoms. The third-order valence-corrected chi connectivity index (χ3v) is 7.88. The third kappa shape index (κ3) is 4.99. The van der Waals surface area contributed by atoms with Crippen molar-refractivity contribution in [3.63, 3.8) is 0 Å². The molecule has 2 fully saturated rings. The second kappa shape index (κ2) is 9.36. The van der Waals surface area contributed by atoms with Gasteiger partial charge in [0.2, 0.25) is 11.8 Å². The maximum absolute atomic E-state index is 13.7. The van der Waals surface area contributed by atoms with Crippen molar-refractivity contribution >= 4 is 17.6 Å². The highest BCUT2D eigenvalue weighted by Gasteiger charge is 2.69. The van der Waals surface area contributed by atoms with E-state index in [0.717, 1.165) is 0 Å². The Morgan fingerprint density at radius 3 is 2.57 bits per heavy atom. The van der Waals surface area contributed by atoms with Crippen LogP contribution in [0, 0.1) is 46.8 Å². The van der Waals surface area contributed by atoms with Gasteiger partial charge in [-0.15, -0.1) is 0 Å². The average molecular weight is 507 g/mol. The van der Waals surface area contributed by atoms with Crippen LogP contribution in [0.3, 0.4) is 0 Å². The molecule has 5 atom stereocenters. The van der Waals surface area contributed by atoms with Crippen molar-refractivity contribution in [2.45, 2.75) is 67.0 Å². The van der Waals surface area contributed by atoms with Gasteiger partial charge in [0.25, 0.3) is 5.89 Å². The van der Waals surface area contributed by atoms with Crippen molar-refractivity contribution in [1.29, 1.82) is 5.26 Å². The number of piperidine rings is 1. The zero-order chi connectivity index (χ0) is 27.3. The number of aromatic nitrogens is 3. The maximum atomic E-state index is 13.7. The molecule has 2 aromatic heterocycles. The minimum absolute atomic E-state index is 0.0143. The average Bonchev–Trinajstić information content (AvgIpc) is 3.21. The van der Waals surface area contributed by atoms with Gasteiger partial charge >= 0.3 is 0 Å². The lowest BCUT2D eigenvalue weighted by molar-refractivity contribution is -0.147. The van der Waals surface area contributed by atoms with E-state index >= 15 is 0 Å². The number of nitrogens with zero attached hydrogens (tertiary/aromatic N) is 5. The Morgan fingerprint density at radius 1 is 1.30 bits per heavy atom. The Bertz CT molecular complexity index is 1270. The van der Waals surface area contributed by atoms with Crippen molar-refractivity contribution in [3.8, 4) is 17.5 Å². The summed E-state index contributed by atoms with van der Waals surface area (Å²) in [7, 11) is 0. The lowest BCUT2D eigenvalue weighted by Gasteiger charge is -2.37. The first-order chi connectivity index (χ1) is 17.3. The van der Waals surface area contributed by atoms with Gasteiger partial charge in [-0.3, -0.25) is 14.6 Å². The molecule has 2 amide bonds. The van der Waals surface area contributed by atoms with Gasteiger partial charge in [0.1, 0.15) is 17.9 Å². The van der Waals surface area contributed by atoms with Gasteiger partial charge in [-0.05, 0) is 42.6 Å². The molecule has 0 radical (unpaired) electrons. The number of pyridine rings is 1. The fourth-order valence-corrected chi connectivity index (χ4v) is 5.63. The molecule has 10 nitrogen and oxygen atoms in total. The van der Waals surface area contributed by atoms with E-state index in [-0.39, 0.29) is 47.2 Å². The molecular weight excluding hydrogens is 472 g/mol. The lowest BCUT2D eigenvalue weighted by atomic mass is 9.76. The molecule has 0 bridgehead atoms. The summed E-state index contributed by atoms with van der Waals surface area (Å²) in [4.78, 5) is 49.4. The number of hydrogen-bond donors (Lipinski definition) is 1. The number of carbonyl (C=O) groups is 3. The third-order valence-electron chi connectivity index (χ3n) is 7.88. The minimum Gasteiger partial charge on any atom is -0.335 e. The molecule has 3 heterocycles. The summed E-state index contributed by atoms with van der Waals surface area (Å²) in [6.07, 6.45) is 3.17. The number of rotatable bonds is 7. The molecule has 1 aliphatic heterocycles. The van der Waals surface area contributed by atoms with Crippen LogP contribution in [0.1, 0.15) is 65.4 Å². The predicted octanol–water partition coefficient (Wildman–Crippen LogP) is 3.25. The molecule has 1 N–H and O–H groups in total. The first-order valence-electron chi connectivity index (χ1n) is 12.5. The highest BCUT2D eigenvalue weighted by Crippen LogP contribution is 2.65. The van der Waals surface area contributed by atoms with Gasteiger partial charge in [0.15, 0.2) is 5.82 Å². The molecule has 1 saturated heterocycles. The first-order valence-corrected chi connectivity index (χ1v) is 12.5. The number of hydrogen-bond acceptors (Lipinski definition) is 8. The van der Waals surface area contributed by atoms with E-state index in [1.54, 1.807) is 24.1 Å². The zero-order valence-electron chi connectivity index (χ0n) is 22.4. The van der Waals surface area contributed by atoms with Crippen LogP contribution in [0.5, 0.6) is 0 Å². The summed E-state index contributed by atoms with van der Waals surface area (Å²) < 4.78 is 5.20. The number of fused-ring (bicyclic) bond motifs is 1. The zero-order valence-corrected chi connectivity index (χ0v) is 22.4. The monoisotopic (exact) mass is 506 g/mol. The van der Waals surface area contributed by atoms with Gasteiger partial charge in [-0.1, -0.05) is 39.8 Å². The van der Waals surface area contributed by atoms with Crippen LogP contribution in [-0.4, -0.2) is 50.2 Å². The van der Waals surface area contributed by atoms with Crippen LogP contribution in [0.25, 0.3) is 11.5 Å². The van der Waals surface area contributed by atoms with Crippen LogP contribution in [-0.2, 0) is 14.4 Å². The SMILES string of the molecule is CC(=O)C[C@H](C(=O)N1C[C@H]2[C@@H]([C@H]1C(=O)NC(C#N)c1cncc(-c3nc(C)no3)c1)C2(C)C)C(C)(C)C. The molecule has 1 aliphatic carbocycles. The maximum Gasteiger partial charge on any atom is 0.259 e. The molecular formula is C27H34N6O4. The molecule has 4 rings (SSSR count). The Labute approximate surface area is 216 Å². The molecule has 196 valence electrons. The van der Waals surface area contributed by atoms with Crippen LogP contribution in [0.15, 0.2) is 23.0 Å². The van der Waals surface area contributed by atoms with Gasteiger partial charge in [0, 0.05) is 36.8 Å². The normalized spacial score (nSPS) is 23.5. The van der Waals surface area contributed by atoms with Gasteiger partial charge < -0.3 is 19.5 Å². The number of carbonyl (C=O) groups excluding carboxylic acids is 3. The van der Waals surface area contributed by atoms with E-state index in [2.05, 4.69) is 40.4 Å². The molecule has 37 heavy (non-hydrogen) atoms. The van der Waals surface area contributed by atoms with E-state index in [1.807, 2.05) is 20.8 Å². The summed E-state index contributed by atoms with van der Waals surface area (Å²) in [6.45, 7) is 13.6. The Kier molecular flexibility index (Phi) is 6.69. The van der Waals surface area contributed by atoms with E-state index in [1.165, 1.54) is 13.1 Å². The fraction of sp³-hybridized carbons (Fsp3) is 0.593. The number of ketones is 1. The quantitative estimate of drug-likeness (QED) is 0.603. The molecule has 2 aliphatic rings. The second-order valence-corrected chi connectivity index (χ2v) is 11.9. The Balaban J connectivity index is 1.59. The van der Waals surface area contributed by atoms with Crippen molar-refractivity contribution < 1.29 is 18.9 Å². The highest BCUT2D eigenvalue weighted by atomic mass is 16.5. The Morgan fingerprint density at radius 2 is 2.00 bits per heavy atom. The van der Waals surface area contributed by atoms with Gasteiger partial charge in [-0.25, -0.2) is 0 Å². The lowest BCUT2D eigenvalue weighted by Crippen LogP contribution is -2.53. The molecule has 1 unspecified atom stereocenters. The number of amides is 2. The number of aryl methyl sites for hydroxylation is 1. The van der Waals surface area contributed by atoms with Gasteiger partial charge in [0.05, 0.1) is 11.6 Å². The van der Waals surface area contributed by atoms with E-state index < -0.39 is 23.4 Å². The van der Waals surface area contributed by atoms with Crippen LogP contribution in [0.4, 0.5) is 0 Å². The van der Waals surface area contributed by atoms with Crippen molar-refractivity contribution in [2.75, 3.05) is 6.54 Å². The van der Waals surface area contributed by atoms with E-state index in [9.17, 15) is 19.6 Å². The summed E-state index contributed by atoms with van der Waals surface area (Å²) in [5.41, 5.74) is 0.470. The van der Waals surface area contributed by atoms with Crippen LogP contribution >= 0.6 is 0 Å². The predicted molar refractivity (Wildman–Crippen MR) is 133 cm³/mol. The first kappa shape index (κ1) is 26.5. The summed E-state index contributed by atoms with van der Waals surface area (Å²) in [5.74, 6) is -0.253. The van der Waals surface area contributed by atoms with E-state index in [0.29, 0.717) is 23.5 Å². The summed E-state index contributed by atoms with van der Waals surface area (Å²) >= 11 is 0. The van der Waals surface area contributed by atoms with Crippen LogP contribution < -0.4 is 5.32 Å². The number of nitriles is 1. The number of Topliss-reactive ketones (excluding diaryl/α,β-unsaturated/α-hetero) is 1. The molecule has 0 aromatic carbocycles. The van der Waals surface area contributed by atoms with Gasteiger partial charge in [-0.2, -0.15) is 10.2 Å². The van der Waals surface area contributed by atoms with E-state index in [4.69, 9.17) is 4.52 Å². The highest BCUT2D eigenvalue weighted by molar-refractivity contribution is 5.93. The minimum atomic E-state index is -0.988. The van der Waals surface area contributed by atoms with Crippen molar-refractivity contribution in [2.24, 2.45) is 28.6 Å². The molecule has 0 spiro atoms. The van der Waals surface area contributed by atoms with Crippen molar-refractivity contribution in [1.82, 2.24) is 25.3 Å². The molecule has 1 saturated carbocycles. The topological polar surface area (TPSA) is 142 Å². The molecule has 2 aromatic rings. The summed E-state index contributed by atoms with van der Waals surface area (Å²) in [6, 6.07) is 2.11. The smallest absolute Gasteiger partial charge is 0.259 e. The number of nitrogens with one attached hydrogen (secondary N) is 1. The second-order valence-electron chi connectivity index (χ2n) is 11.9. The fourth-order valence-electron chi connectivity index (χ4n) is 5.63. The number of likely N-dealkylation sites (tertiary alicyclic amines) is 1. The standard InChI is InChI=1S/C27H34N6O4/c1-14(34)8-18(26(3,4)5)25(36)33-13-19-21(27(19,6)7)22(33)23(35)31-20(10-28)16-9-17(12-29-11-16)24-30-15(2)32-37-24/h9,11-12,18-22H,8,13H2,1-7H3,(H,31,35)/t18-,19+,20?,21+,22+/m1/s1. The van der Waals surface area contributed by atoms with Crippen molar-refractivity contribution in [3.05, 3.63) is 29.8 Å². The summed E-state index contributed by atoms with van der Waals surface area (Å²) in [5, 5.41) is 16.5.